The van der Waals surface area contributed by atoms with Crippen molar-refractivity contribution >= 4 is 79.5 Å². The molecule has 0 spiro atoms. The van der Waals surface area contributed by atoms with E-state index in [1.807, 2.05) is 12.1 Å². The number of carbonyl (C=O) groups is 2. The number of carboxylic acid groups (broad SMARTS) is 1. The molecule has 23 heavy (non-hydrogen) atoms. The maximum Gasteiger partial charge on any atom is 0.168 e. The summed E-state index contributed by atoms with van der Waals surface area (Å²) in [5.74, 6) is -5.44. The lowest BCUT2D eigenvalue weighted by atomic mass is 9.98. The van der Waals surface area contributed by atoms with E-state index in [0.717, 1.165) is 22.8 Å². The van der Waals surface area contributed by atoms with Gasteiger partial charge in [0.25, 0.3) is 0 Å². The zero-order valence-corrected chi connectivity index (χ0v) is 17.6. The number of aromatic carboxylic acids is 1. The number of halogens is 5. The van der Waals surface area contributed by atoms with Crippen LogP contribution in [0.15, 0.2) is 24.3 Å². The molecule has 2 rings (SSSR count). The summed E-state index contributed by atoms with van der Waals surface area (Å²) in [5, 5.41) is 11.1. The van der Waals surface area contributed by atoms with Crippen LogP contribution in [0, 0.1) is 22.3 Å². The van der Waals surface area contributed by atoms with Crippen LogP contribution in [0.5, 0.6) is 0 Å². The highest BCUT2D eigenvalue weighted by molar-refractivity contribution is 14.1. The summed E-state index contributed by atoms with van der Waals surface area (Å²) >= 11 is 6.29. The lowest BCUT2D eigenvalue weighted by molar-refractivity contribution is -0.255. The normalized spacial score (nSPS) is 10.7. The van der Waals surface area contributed by atoms with Gasteiger partial charge in [-0.2, -0.15) is 0 Å². The molecule has 8 heteroatoms. The minimum absolute atomic E-state index is 0.112. The maximum absolute atomic E-state index is 13.7. The van der Waals surface area contributed by atoms with Crippen molar-refractivity contribution in [3.05, 3.63) is 63.3 Å². The highest BCUT2D eigenvalue weighted by atomic mass is 127. The first-order valence-corrected chi connectivity index (χ1v) is 9.32. The zero-order chi connectivity index (χ0) is 17.3. The van der Waals surface area contributed by atoms with Gasteiger partial charge in [0.05, 0.1) is 5.97 Å². The first-order valence-electron chi connectivity index (χ1n) is 6.08. The standard InChI is InChI=1S/C15H7F2I3O3/c16-9-2-1-7(13(14(9)17)15(22)23)12(21)5-8-10(19)3-6(18)4-11(8)20/h1-4H,5H2,(H,22,23)/p-1. The average Bonchev–Trinajstić information content (AvgIpc) is 2.44. The van der Waals surface area contributed by atoms with Crippen molar-refractivity contribution in [1.82, 2.24) is 0 Å². The molecule has 0 aliphatic carbocycles. The maximum atomic E-state index is 13.7. The van der Waals surface area contributed by atoms with Gasteiger partial charge in [-0.1, -0.05) is 0 Å². The molecule has 0 aliphatic heterocycles. The molecular formula is C15H6F2I3O3-. The topological polar surface area (TPSA) is 57.2 Å². The number of hydrogen-bond donors (Lipinski definition) is 0. The predicted molar refractivity (Wildman–Crippen MR) is 103 cm³/mol. The van der Waals surface area contributed by atoms with Crippen LogP contribution in [0.3, 0.4) is 0 Å². The Morgan fingerprint density at radius 1 is 1.04 bits per heavy atom. The summed E-state index contributed by atoms with van der Waals surface area (Å²) in [4.78, 5) is 23.5. The monoisotopic (exact) mass is 653 g/mol. The van der Waals surface area contributed by atoms with Crippen LogP contribution in [-0.4, -0.2) is 11.8 Å². The molecule has 0 amide bonds. The van der Waals surface area contributed by atoms with E-state index in [9.17, 15) is 23.5 Å². The number of hydrogen-bond acceptors (Lipinski definition) is 3. The smallest absolute Gasteiger partial charge is 0.168 e. The van der Waals surface area contributed by atoms with Crippen molar-refractivity contribution in [1.29, 1.82) is 0 Å². The minimum atomic E-state index is -1.92. The van der Waals surface area contributed by atoms with Gasteiger partial charge in [-0.3, -0.25) is 4.79 Å². The third-order valence-electron chi connectivity index (χ3n) is 3.04. The van der Waals surface area contributed by atoms with E-state index < -0.39 is 34.5 Å². The SMILES string of the molecule is O=C(Cc1c(I)cc(I)cc1I)c1ccc(F)c(F)c1C(=O)[O-]. The molecule has 0 aliphatic rings. The zero-order valence-electron chi connectivity index (χ0n) is 11.1. The Kier molecular flexibility index (Phi) is 6.33. The van der Waals surface area contributed by atoms with Gasteiger partial charge in [-0.25, -0.2) is 8.78 Å². The summed E-state index contributed by atoms with van der Waals surface area (Å²) in [6.45, 7) is 0. The minimum Gasteiger partial charge on any atom is -0.545 e. The van der Waals surface area contributed by atoms with Gasteiger partial charge in [0.2, 0.25) is 0 Å². The van der Waals surface area contributed by atoms with Crippen LogP contribution < -0.4 is 5.11 Å². The summed E-state index contributed by atoms with van der Waals surface area (Å²) in [6.07, 6.45) is -0.112. The number of rotatable bonds is 4. The largest absolute Gasteiger partial charge is 0.545 e. The lowest BCUT2D eigenvalue weighted by Crippen LogP contribution is -2.27. The van der Waals surface area contributed by atoms with Crippen molar-refractivity contribution in [3.8, 4) is 0 Å². The predicted octanol–water partition coefficient (Wildman–Crippen LogP) is 3.57. The van der Waals surface area contributed by atoms with E-state index in [1.54, 1.807) is 0 Å². The second-order valence-electron chi connectivity index (χ2n) is 4.52. The fraction of sp³-hybridized carbons (Fsp3) is 0.0667. The molecule has 2 aromatic rings. The van der Waals surface area contributed by atoms with Crippen LogP contribution in [0.1, 0.15) is 26.3 Å². The Morgan fingerprint density at radius 3 is 2.13 bits per heavy atom. The molecular weight excluding hydrogens is 647 g/mol. The first kappa shape index (κ1) is 19.0. The highest BCUT2D eigenvalue weighted by Gasteiger charge is 2.21. The van der Waals surface area contributed by atoms with Gasteiger partial charge in [-0.15, -0.1) is 0 Å². The number of ketones is 1. The Bertz CT molecular complexity index is 799. The van der Waals surface area contributed by atoms with Gasteiger partial charge < -0.3 is 9.90 Å². The molecule has 0 bridgehead atoms. The molecule has 0 saturated heterocycles. The molecule has 0 fully saturated rings. The van der Waals surface area contributed by atoms with Crippen LogP contribution in [0.2, 0.25) is 0 Å². The molecule has 120 valence electrons. The van der Waals surface area contributed by atoms with Crippen LogP contribution in [-0.2, 0) is 6.42 Å². The highest BCUT2D eigenvalue weighted by Crippen LogP contribution is 2.25. The van der Waals surface area contributed by atoms with Crippen molar-refractivity contribution in [2.45, 2.75) is 6.42 Å². The first-order chi connectivity index (χ1) is 10.7. The molecule has 0 atom stereocenters. The Balaban J connectivity index is 2.47. The van der Waals surface area contributed by atoms with E-state index in [4.69, 9.17) is 0 Å². The number of carboxylic acids is 1. The Hall–Kier alpha value is -0.370. The van der Waals surface area contributed by atoms with E-state index in [-0.39, 0.29) is 6.42 Å². The van der Waals surface area contributed by atoms with Crippen molar-refractivity contribution in [3.63, 3.8) is 0 Å². The summed E-state index contributed by atoms with van der Waals surface area (Å²) in [5.41, 5.74) is -0.717. The molecule has 0 N–H and O–H groups in total. The molecule has 0 heterocycles. The summed E-state index contributed by atoms with van der Waals surface area (Å²) in [7, 11) is 0. The fourth-order valence-electron chi connectivity index (χ4n) is 1.98. The molecule has 0 saturated carbocycles. The molecule has 0 radical (unpaired) electrons. The van der Waals surface area contributed by atoms with Crippen molar-refractivity contribution < 1.29 is 23.5 Å². The lowest BCUT2D eigenvalue weighted by Gasteiger charge is -2.13. The van der Waals surface area contributed by atoms with Gasteiger partial charge in [0.1, 0.15) is 0 Å². The van der Waals surface area contributed by atoms with Crippen LogP contribution in [0.25, 0.3) is 0 Å². The number of carbonyl (C=O) groups excluding carboxylic acids is 2. The van der Waals surface area contributed by atoms with Crippen molar-refractivity contribution in [2.75, 3.05) is 0 Å². The van der Waals surface area contributed by atoms with Crippen LogP contribution in [0.4, 0.5) is 8.78 Å². The molecule has 2 aromatic carbocycles. The number of benzene rings is 2. The second kappa shape index (κ2) is 7.68. The number of Topliss-reactive ketones (excluding diaryl/α,β-unsaturated/α-hetero) is 1. The van der Waals surface area contributed by atoms with E-state index >= 15 is 0 Å². The quantitative estimate of drug-likeness (QED) is 0.375. The van der Waals surface area contributed by atoms with Crippen LogP contribution >= 0.6 is 67.8 Å². The van der Waals surface area contributed by atoms with Gasteiger partial charge >= 0.3 is 0 Å². The molecule has 0 aromatic heterocycles. The average molecular weight is 653 g/mol. The Morgan fingerprint density at radius 2 is 1.61 bits per heavy atom. The summed E-state index contributed by atoms with van der Waals surface area (Å²) in [6, 6.07) is 5.45. The van der Waals surface area contributed by atoms with Gasteiger partial charge in [0.15, 0.2) is 17.4 Å². The molecule has 3 nitrogen and oxygen atoms in total. The summed E-state index contributed by atoms with van der Waals surface area (Å²) < 4.78 is 29.5. The van der Waals surface area contributed by atoms with Gasteiger partial charge in [-0.05, 0) is 97.6 Å². The third-order valence-corrected chi connectivity index (χ3v) is 5.59. The van der Waals surface area contributed by atoms with E-state index in [1.165, 1.54) is 0 Å². The third kappa shape index (κ3) is 4.18. The fourth-order valence-corrected chi connectivity index (χ4v) is 5.94. The Labute approximate surface area is 171 Å². The van der Waals surface area contributed by atoms with Gasteiger partial charge in [0, 0.05) is 28.3 Å². The van der Waals surface area contributed by atoms with E-state index in [2.05, 4.69) is 67.8 Å². The molecule has 0 unspecified atom stereocenters. The van der Waals surface area contributed by atoms with Crippen molar-refractivity contribution in [2.24, 2.45) is 0 Å². The van der Waals surface area contributed by atoms with E-state index in [0.29, 0.717) is 5.56 Å². The second-order valence-corrected chi connectivity index (χ2v) is 8.09.